The van der Waals surface area contributed by atoms with Gasteiger partial charge in [0.2, 0.25) is 0 Å². The molecule has 0 radical (unpaired) electrons. The Balaban J connectivity index is 1.94. The monoisotopic (exact) mass is 326 g/mol. The molecular formula is C19H19ClN2O. The molecule has 0 aliphatic heterocycles. The first kappa shape index (κ1) is 15.6. The minimum atomic E-state index is 0.0357. The average molecular weight is 327 g/mol. The van der Waals surface area contributed by atoms with Crippen LogP contribution in [-0.2, 0) is 12.8 Å². The molecule has 0 saturated carbocycles. The number of amides is 1. The van der Waals surface area contributed by atoms with Gasteiger partial charge in [0, 0.05) is 35.7 Å². The lowest BCUT2D eigenvalue weighted by Gasteiger charge is -2.11. The van der Waals surface area contributed by atoms with Crippen molar-refractivity contribution in [1.82, 2.24) is 9.88 Å². The first-order chi connectivity index (χ1) is 11.1. The van der Waals surface area contributed by atoms with Gasteiger partial charge in [0.1, 0.15) is 0 Å². The molecule has 1 N–H and O–H groups in total. The third-order valence-electron chi connectivity index (χ3n) is 3.98. The van der Waals surface area contributed by atoms with Gasteiger partial charge in [-0.25, -0.2) is 0 Å². The maximum Gasteiger partial charge on any atom is 0.255 e. The Morgan fingerprint density at radius 1 is 1.04 bits per heavy atom. The summed E-state index contributed by atoms with van der Waals surface area (Å²) in [5.41, 5.74) is 3.97. The van der Waals surface area contributed by atoms with Crippen LogP contribution in [-0.4, -0.2) is 29.9 Å². The SMILES string of the molecule is CN(C)C(=O)c1c(CCc2ccc(Cl)cc2)[nH]c2ccccc12. The zero-order chi connectivity index (χ0) is 16.4. The zero-order valence-electron chi connectivity index (χ0n) is 13.3. The summed E-state index contributed by atoms with van der Waals surface area (Å²) in [5, 5.41) is 1.72. The number of aromatic nitrogens is 1. The molecule has 0 aliphatic carbocycles. The van der Waals surface area contributed by atoms with E-state index in [1.165, 1.54) is 5.56 Å². The van der Waals surface area contributed by atoms with Crippen molar-refractivity contribution in [1.29, 1.82) is 0 Å². The highest BCUT2D eigenvalue weighted by molar-refractivity contribution is 6.30. The van der Waals surface area contributed by atoms with E-state index in [0.717, 1.165) is 40.0 Å². The average Bonchev–Trinajstić information content (AvgIpc) is 2.91. The van der Waals surface area contributed by atoms with Crippen LogP contribution in [0.3, 0.4) is 0 Å². The summed E-state index contributed by atoms with van der Waals surface area (Å²) in [6.45, 7) is 0. The van der Waals surface area contributed by atoms with Crippen molar-refractivity contribution in [2.24, 2.45) is 0 Å². The van der Waals surface area contributed by atoms with E-state index in [0.29, 0.717) is 0 Å². The van der Waals surface area contributed by atoms with Crippen molar-refractivity contribution in [3.8, 4) is 0 Å². The summed E-state index contributed by atoms with van der Waals surface area (Å²) in [4.78, 5) is 17.6. The van der Waals surface area contributed by atoms with Crippen LogP contribution in [0.5, 0.6) is 0 Å². The van der Waals surface area contributed by atoms with Gasteiger partial charge in [0.05, 0.1) is 5.56 Å². The lowest BCUT2D eigenvalue weighted by atomic mass is 10.0. The van der Waals surface area contributed by atoms with Crippen molar-refractivity contribution in [3.63, 3.8) is 0 Å². The third kappa shape index (κ3) is 3.25. The van der Waals surface area contributed by atoms with Gasteiger partial charge in [0.15, 0.2) is 0 Å². The Morgan fingerprint density at radius 3 is 2.43 bits per heavy atom. The van der Waals surface area contributed by atoms with E-state index in [9.17, 15) is 4.79 Å². The van der Waals surface area contributed by atoms with Crippen LogP contribution < -0.4 is 0 Å². The van der Waals surface area contributed by atoms with Gasteiger partial charge >= 0.3 is 0 Å². The quantitative estimate of drug-likeness (QED) is 0.762. The van der Waals surface area contributed by atoms with Crippen molar-refractivity contribution in [2.75, 3.05) is 14.1 Å². The highest BCUT2D eigenvalue weighted by atomic mass is 35.5. The summed E-state index contributed by atoms with van der Waals surface area (Å²) in [6.07, 6.45) is 1.64. The molecule has 1 aromatic heterocycles. The molecule has 1 heterocycles. The Bertz CT molecular complexity index is 834. The van der Waals surface area contributed by atoms with Gasteiger partial charge in [-0.2, -0.15) is 0 Å². The molecule has 0 bridgehead atoms. The second-order valence-corrected chi connectivity index (χ2v) is 6.29. The molecule has 2 aromatic carbocycles. The van der Waals surface area contributed by atoms with Crippen LogP contribution >= 0.6 is 11.6 Å². The molecule has 0 atom stereocenters. The van der Waals surface area contributed by atoms with E-state index in [-0.39, 0.29) is 5.91 Å². The molecule has 3 aromatic rings. The van der Waals surface area contributed by atoms with Gasteiger partial charge in [-0.3, -0.25) is 4.79 Å². The van der Waals surface area contributed by atoms with E-state index in [4.69, 9.17) is 11.6 Å². The third-order valence-corrected chi connectivity index (χ3v) is 4.23. The molecule has 0 spiro atoms. The number of halogens is 1. The van der Waals surface area contributed by atoms with E-state index < -0.39 is 0 Å². The number of benzene rings is 2. The number of aryl methyl sites for hydroxylation is 2. The highest BCUT2D eigenvalue weighted by Crippen LogP contribution is 2.25. The highest BCUT2D eigenvalue weighted by Gasteiger charge is 2.19. The fourth-order valence-electron chi connectivity index (χ4n) is 2.77. The Morgan fingerprint density at radius 2 is 1.74 bits per heavy atom. The number of carbonyl (C=O) groups is 1. The molecule has 3 nitrogen and oxygen atoms in total. The number of carbonyl (C=O) groups excluding carboxylic acids is 1. The summed E-state index contributed by atoms with van der Waals surface area (Å²) >= 11 is 5.93. The lowest BCUT2D eigenvalue weighted by Crippen LogP contribution is -2.22. The van der Waals surface area contributed by atoms with Gasteiger partial charge in [-0.1, -0.05) is 41.9 Å². The number of H-pyrrole nitrogens is 1. The Kier molecular flexibility index (Phi) is 4.39. The van der Waals surface area contributed by atoms with Crippen LogP contribution in [0.2, 0.25) is 5.02 Å². The largest absolute Gasteiger partial charge is 0.358 e. The predicted octanol–water partition coefficient (Wildman–Crippen LogP) is 4.31. The second-order valence-electron chi connectivity index (χ2n) is 5.85. The maximum atomic E-state index is 12.6. The van der Waals surface area contributed by atoms with Crippen LogP contribution in [0.25, 0.3) is 10.9 Å². The normalized spacial score (nSPS) is 10.9. The van der Waals surface area contributed by atoms with Gasteiger partial charge in [-0.15, -0.1) is 0 Å². The first-order valence-corrected chi connectivity index (χ1v) is 7.99. The Labute approximate surface area is 140 Å². The molecule has 23 heavy (non-hydrogen) atoms. The molecule has 0 fully saturated rings. The van der Waals surface area contributed by atoms with E-state index in [2.05, 4.69) is 4.98 Å². The van der Waals surface area contributed by atoms with Gasteiger partial charge in [0.25, 0.3) is 5.91 Å². The maximum absolute atomic E-state index is 12.6. The number of hydrogen-bond donors (Lipinski definition) is 1. The van der Waals surface area contributed by atoms with Crippen molar-refractivity contribution in [3.05, 3.63) is 70.4 Å². The van der Waals surface area contributed by atoms with E-state index in [1.54, 1.807) is 19.0 Å². The smallest absolute Gasteiger partial charge is 0.255 e. The van der Waals surface area contributed by atoms with Crippen LogP contribution in [0, 0.1) is 0 Å². The molecular weight excluding hydrogens is 308 g/mol. The van der Waals surface area contributed by atoms with Crippen LogP contribution in [0.4, 0.5) is 0 Å². The minimum absolute atomic E-state index is 0.0357. The Hall–Kier alpha value is -2.26. The molecule has 3 rings (SSSR count). The van der Waals surface area contributed by atoms with Crippen molar-refractivity contribution >= 4 is 28.4 Å². The number of fused-ring (bicyclic) bond motifs is 1. The van der Waals surface area contributed by atoms with Crippen LogP contribution in [0.15, 0.2) is 48.5 Å². The van der Waals surface area contributed by atoms with Crippen LogP contribution in [0.1, 0.15) is 21.6 Å². The topological polar surface area (TPSA) is 36.1 Å². The molecule has 0 saturated heterocycles. The van der Waals surface area contributed by atoms with E-state index >= 15 is 0 Å². The molecule has 118 valence electrons. The van der Waals surface area contributed by atoms with Gasteiger partial charge < -0.3 is 9.88 Å². The minimum Gasteiger partial charge on any atom is -0.358 e. The number of para-hydroxylation sites is 1. The molecule has 1 amide bonds. The number of rotatable bonds is 4. The summed E-state index contributed by atoms with van der Waals surface area (Å²) in [7, 11) is 3.57. The molecule has 0 aliphatic rings. The molecule has 0 unspecified atom stereocenters. The summed E-state index contributed by atoms with van der Waals surface area (Å²) in [5.74, 6) is 0.0357. The number of nitrogens with one attached hydrogen (secondary N) is 1. The summed E-state index contributed by atoms with van der Waals surface area (Å²) < 4.78 is 0. The van der Waals surface area contributed by atoms with Gasteiger partial charge in [-0.05, 0) is 36.6 Å². The number of nitrogens with zero attached hydrogens (tertiary/aromatic N) is 1. The second kappa shape index (κ2) is 6.47. The number of aromatic amines is 1. The lowest BCUT2D eigenvalue weighted by molar-refractivity contribution is 0.0828. The fourth-order valence-corrected chi connectivity index (χ4v) is 2.90. The zero-order valence-corrected chi connectivity index (χ0v) is 14.0. The van der Waals surface area contributed by atoms with E-state index in [1.807, 2.05) is 48.5 Å². The van der Waals surface area contributed by atoms with Crippen molar-refractivity contribution in [2.45, 2.75) is 12.8 Å². The first-order valence-electron chi connectivity index (χ1n) is 7.62. The van der Waals surface area contributed by atoms with Crippen molar-refractivity contribution < 1.29 is 4.79 Å². The fraction of sp³-hybridized carbons (Fsp3) is 0.211. The summed E-state index contributed by atoms with van der Waals surface area (Å²) in [6, 6.07) is 15.8. The predicted molar refractivity (Wildman–Crippen MR) is 95.2 cm³/mol. The standard InChI is InChI=1S/C19H19ClN2O/c1-22(2)19(23)18-15-5-3-4-6-16(15)21-17(18)12-9-13-7-10-14(20)11-8-13/h3-8,10-11,21H,9,12H2,1-2H3. The number of hydrogen-bond acceptors (Lipinski definition) is 1. The molecule has 4 heteroatoms.